The van der Waals surface area contributed by atoms with E-state index in [1.807, 2.05) is 49.4 Å². The van der Waals surface area contributed by atoms with Crippen LogP contribution < -0.4 is 15.6 Å². The molecule has 0 aliphatic rings. The van der Waals surface area contributed by atoms with Crippen molar-refractivity contribution < 1.29 is 14.3 Å². The minimum atomic E-state index is -0.762. The molecule has 2 aromatic carbocycles. The lowest BCUT2D eigenvalue weighted by atomic mass is 10.1. The summed E-state index contributed by atoms with van der Waals surface area (Å²) in [6, 6.07) is 13.5. The fourth-order valence-electron chi connectivity index (χ4n) is 2.53. The number of aromatic nitrogens is 1. The number of benzene rings is 2. The third-order valence-electron chi connectivity index (χ3n) is 3.97. The molecule has 0 radical (unpaired) electrons. The van der Waals surface area contributed by atoms with Crippen LogP contribution in [0.1, 0.15) is 17.5 Å². The molecular formula is C19H19N3O3S2. The number of nitrogens with one attached hydrogen (secondary N) is 3. The van der Waals surface area contributed by atoms with Crippen LogP contribution in [0.3, 0.4) is 0 Å². The summed E-state index contributed by atoms with van der Waals surface area (Å²) in [5.74, 6) is -0.171. The predicted octanol–water partition coefficient (Wildman–Crippen LogP) is 3.42. The van der Waals surface area contributed by atoms with E-state index < -0.39 is 12.0 Å². The van der Waals surface area contributed by atoms with Crippen LogP contribution in [0.4, 0.5) is 0 Å². The Kier molecular flexibility index (Phi) is 5.88. The Labute approximate surface area is 165 Å². The summed E-state index contributed by atoms with van der Waals surface area (Å²) in [6.45, 7) is 3.48. The van der Waals surface area contributed by atoms with Crippen molar-refractivity contribution in [2.75, 3.05) is 0 Å². The maximum atomic E-state index is 12.2. The van der Waals surface area contributed by atoms with Crippen molar-refractivity contribution >= 4 is 46.1 Å². The van der Waals surface area contributed by atoms with Crippen LogP contribution in [0.25, 0.3) is 10.8 Å². The first-order valence-electron chi connectivity index (χ1n) is 8.35. The molecule has 0 spiro atoms. The number of H-pyrrole nitrogens is 1. The molecule has 3 aromatic rings. The van der Waals surface area contributed by atoms with E-state index >= 15 is 0 Å². The maximum Gasteiger partial charge on any atom is 0.279 e. The Morgan fingerprint density at radius 3 is 2.63 bits per heavy atom. The molecule has 6 nitrogen and oxygen atoms in total. The van der Waals surface area contributed by atoms with E-state index in [1.54, 1.807) is 6.92 Å². The van der Waals surface area contributed by atoms with Gasteiger partial charge in [0, 0.05) is 10.6 Å². The summed E-state index contributed by atoms with van der Waals surface area (Å²) >= 11 is 6.40. The third-order valence-corrected chi connectivity index (χ3v) is 5.31. The topological polar surface area (TPSA) is 83.2 Å². The van der Waals surface area contributed by atoms with Crippen LogP contribution in [0.15, 0.2) is 42.5 Å². The highest BCUT2D eigenvalue weighted by Gasteiger charge is 2.16. The molecule has 2 amide bonds. The molecule has 0 aliphatic heterocycles. The highest BCUT2D eigenvalue weighted by Crippen LogP contribution is 2.21. The first kappa shape index (κ1) is 19.1. The predicted molar refractivity (Wildman–Crippen MR) is 108 cm³/mol. The van der Waals surface area contributed by atoms with Crippen LogP contribution >= 0.6 is 23.6 Å². The van der Waals surface area contributed by atoms with Crippen LogP contribution in [-0.4, -0.2) is 22.9 Å². The molecule has 1 unspecified atom stereocenters. The fraction of sp³-hybridized carbons (Fsp3) is 0.211. The number of carbonyl (C=O) groups excluding carboxylic acids is 2. The smallest absolute Gasteiger partial charge is 0.279 e. The van der Waals surface area contributed by atoms with Gasteiger partial charge in [0.1, 0.15) is 5.75 Å². The van der Waals surface area contributed by atoms with Crippen molar-refractivity contribution in [3.63, 3.8) is 0 Å². The molecule has 0 saturated carbocycles. The number of fused-ring (bicyclic) bond motifs is 1. The normalized spacial score (nSPS) is 11.8. The number of ether oxygens (including phenoxy) is 1. The van der Waals surface area contributed by atoms with Gasteiger partial charge in [-0.1, -0.05) is 30.3 Å². The summed E-state index contributed by atoms with van der Waals surface area (Å²) < 4.78 is 6.30. The number of aromatic amines is 1. The molecule has 8 heteroatoms. The number of hydrazine groups is 1. The number of hydrogen-bond donors (Lipinski definition) is 3. The zero-order valence-corrected chi connectivity index (χ0v) is 16.5. The van der Waals surface area contributed by atoms with Gasteiger partial charge in [-0.15, -0.1) is 11.3 Å². The molecular weight excluding hydrogens is 382 g/mol. The van der Waals surface area contributed by atoms with Gasteiger partial charge in [0.25, 0.3) is 5.91 Å². The van der Waals surface area contributed by atoms with Gasteiger partial charge in [0.05, 0.1) is 6.42 Å². The van der Waals surface area contributed by atoms with Crippen LogP contribution in [-0.2, 0) is 16.0 Å². The summed E-state index contributed by atoms with van der Waals surface area (Å²) in [5.41, 5.74) is 5.66. The van der Waals surface area contributed by atoms with Crippen LogP contribution in [0.5, 0.6) is 5.75 Å². The minimum Gasteiger partial charge on any atom is -0.481 e. The zero-order chi connectivity index (χ0) is 19.4. The number of hydrogen-bond acceptors (Lipinski definition) is 5. The molecule has 27 heavy (non-hydrogen) atoms. The lowest BCUT2D eigenvalue weighted by molar-refractivity contribution is -0.132. The molecule has 3 rings (SSSR count). The second-order valence-corrected chi connectivity index (χ2v) is 7.82. The number of amides is 2. The highest BCUT2D eigenvalue weighted by molar-refractivity contribution is 7.73. The van der Waals surface area contributed by atoms with Gasteiger partial charge >= 0.3 is 0 Å². The van der Waals surface area contributed by atoms with Crippen molar-refractivity contribution in [2.24, 2.45) is 0 Å². The first-order valence-corrected chi connectivity index (χ1v) is 9.57. The van der Waals surface area contributed by atoms with Crippen molar-refractivity contribution in [1.29, 1.82) is 0 Å². The van der Waals surface area contributed by atoms with E-state index in [0.29, 0.717) is 9.70 Å². The van der Waals surface area contributed by atoms with Crippen molar-refractivity contribution in [1.82, 2.24) is 15.8 Å². The SMILES string of the molecule is Cc1[nH]c(=S)sc1CC(=O)NNC(=O)C(C)Oc1ccc2ccccc2c1. The van der Waals surface area contributed by atoms with E-state index in [9.17, 15) is 9.59 Å². The van der Waals surface area contributed by atoms with E-state index in [-0.39, 0.29) is 12.3 Å². The van der Waals surface area contributed by atoms with E-state index in [4.69, 9.17) is 17.0 Å². The summed E-state index contributed by atoms with van der Waals surface area (Å²) in [7, 11) is 0. The Balaban J connectivity index is 1.53. The Morgan fingerprint density at radius 1 is 1.19 bits per heavy atom. The molecule has 3 N–H and O–H groups in total. The van der Waals surface area contributed by atoms with E-state index in [0.717, 1.165) is 21.3 Å². The number of aryl methyl sites for hydroxylation is 1. The second-order valence-electron chi connectivity index (χ2n) is 6.05. The Morgan fingerprint density at radius 2 is 1.93 bits per heavy atom. The van der Waals surface area contributed by atoms with Gasteiger partial charge in [0.2, 0.25) is 5.91 Å². The fourth-order valence-corrected chi connectivity index (χ4v) is 3.82. The van der Waals surface area contributed by atoms with Gasteiger partial charge < -0.3 is 9.72 Å². The maximum absolute atomic E-state index is 12.2. The summed E-state index contributed by atoms with van der Waals surface area (Å²) in [4.78, 5) is 28.0. The van der Waals surface area contributed by atoms with Crippen LogP contribution in [0, 0.1) is 10.9 Å². The quantitative estimate of drug-likeness (QED) is 0.452. The number of rotatable bonds is 5. The van der Waals surface area contributed by atoms with E-state index in [1.165, 1.54) is 11.3 Å². The average Bonchev–Trinajstić information content (AvgIpc) is 2.96. The van der Waals surface area contributed by atoms with Crippen LogP contribution in [0.2, 0.25) is 0 Å². The Bertz CT molecular complexity index is 1040. The number of thiazole rings is 1. The van der Waals surface area contributed by atoms with Crippen molar-refractivity contribution in [3.8, 4) is 5.75 Å². The molecule has 0 saturated heterocycles. The molecule has 1 heterocycles. The monoisotopic (exact) mass is 401 g/mol. The average molecular weight is 402 g/mol. The lowest BCUT2D eigenvalue weighted by Crippen LogP contribution is -2.47. The van der Waals surface area contributed by atoms with Gasteiger partial charge in [-0.05, 0) is 49.0 Å². The van der Waals surface area contributed by atoms with Gasteiger partial charge in [-0.25, -0.2) is 0 Å². The summed E-state index contributed by atoms with van der Waals surface area (Å²) in [6.07, 6.45) is -0.619. The van der Waals surface area contributed by atoms with Crippen molar-refractivity contribution in [3.05, 3.63) is 57.0 Å². The van der Waals surface area contributed by atoms with Gasteiger partial charge in [-0.2, -0.15) is 0 Å². The largest absolute Gasteiger partial charge is 0.481 e. The standard InChI is InChI=1S/C19H19N3O3S2/c1-11-16(27-19(26)20-11)10-17(23)21-22-18(24)12(2)25-15-8-7-13-5-3-4-6-14(13)9-15/h3-9,12H,10H2,1-2H3,(H,20,26)(H,21,23)(H,22,24). The molecule has 1 aromatic heterocycles. The zero-order valence-electron chi connectivity index (χ0n) is 14.9. The van der Waals surface area contributed by atoms with Gasteiger partial charge in [-0.3, -0.25) is 20.4 Å². The number of carbonyl (C=O) groups is 2. The third kappa shape index (κ3) is 4.93. The van der Waals surface area contributed by atoms with E-state index in [2.05, 4.69) is 15.8 Å². The molecule has 0 fully saturated rings. The van der Waals surface area contributed by atoms with Gasteiger partial charge in [0.15, 0.2) is 10.1 Å². The molecule has 1 atom stereocenters. The second kappa shape index (κ2) is 8.32. The Hall–Kier alpha value is -2.71. The molecule has 140 valence electrons. The highest BCUT2D eigenvalue weighted by atomic mass is 32.1. The lowest BCUT2D eigenvalue weighted by Gasteiger charge is -2.15. The molecule has 0 aliphatic carbocycles. The molecule has 0 bridgehead atoms. The van der Waals surface area contributed by atoms with Crippen molar-refractivity contribution in [2.45, 2.75) is 26.4 Å². The first-order chi connectivity index (χ1) is 12.9. The summed E-state index contributed by atoms with van der Waals surface area (Å²) in [5, 5.41) is 2.12. The minimum absolute atomic E-state index is 0.143.